The van der Waals surface area contributed by atoms with E-state index in [1.54, 1.807) is 43.3 Å². The van der Waals surface area contributed by atoms with Gasteiger partial charge in [0.05, 0.1) is 6.54 Å². The molecule has 0 aromatic heterocycles. The molecule has 0 fully saturated rings. The molecule has 0 aliphatic rings. The number of carbonyl (C=O) groups excluding carboxylic acids is 3. The number of nitrogens with one attached hydrogen (secondary N) is 1. The first-order valence-corrected chi connectivity index (χ1v) is 10.9. The highest BCUT2D eigenvalue weighted by molar-refractivity contribution is 5.97. The van der Waals surface area contributed by atoms with Gasteiger partial charge in [0.2, 0.25) is 5.91 Å². The van der Waals surface area contributed by atoms with Crippen LogP contribution in [0.15, 0.2) is 78.9 Å². The number of amides is 3. The standard InChI is InChI=1S/C27H29N3O3/c1-4-30(19-20-10-12-24(13-11-20)27(33)29(2)3)25(31)18-28-26(32)23-16-14-22(15-17-23)21-8-6-5-7-9-21/h5-17H,4,18-19H2,1-3H3,(H,28,32). The Labute approximate surface area is 194 Å². The maximum atomic E-state index is 12.7. The van der Waals surface area contributed by atoms with E-state index in [2.05, 4.69) is 5.32 Å². The predicted octanol–water partition coefficient (Wildman–Crippen LogP) is 3.83. The van der Waals surface area contributed by atoms with E-state index in [1.165, 1.54) is 4.90 Å². The summed E-state index contributed by atoms with van der Waals surface area (Å²) >= 11 is 0. The van der Waals surface area contributed by atoms with Gasteiger partial charge in [0.1, 0.15) is 0 Å². The second kappa shape index (κ2) is 11.1. The highest BCUT2D eigenvalue weighted by Crippen LogP contribution is 2.19. The van der Waals surface area contributed by atoms with Gasteiger partial charge >= 0.3 is 0 Å². The van der Waals surface area contributed by atoms with Crippen molar-refractivity contribution in [1.29, 1.82) is 0 Å². The number of rotatable bonds is 8. The fourth-order valence-corrected chi connectivity index (χ4v) is 3.42. The summed E-state index contributed by atoms with van der Waals surface area (Å²) < 4.78 is 0. The van der Waals surface area contributed by atoms with Crippen LogP contribution in [0.1, 0.15) is 33.2 Å². The molecule has 1 N–H and O–H groups in total. The molecule has 6 heteroatoms. The lowest BCUT2D eigenvalue weighted by molar-refractivity contribution is -0.130. The van der Waals surface area contributed by atoms with Crippen LogP contribution in [0.3, 0.4) is 0 Å². The Bertz CT molecular complexity index is 1090. The second-order valence-corrected chi connectivity index (χ2v) is 7.93. The Kier molecular flexibility index (Phi) is 7.97. The average molecular weight is 444 g/mol. The lowest BCUT2D eigenvalue weighted by Gasteiger charge is -2.21. The Balaban J connectivity index is 1.55. The topological polar surface area (TPSA) is 69.7 Å². The number of hydrogen-bond acceptors (Lipinski definition) is 3. The van der Waals surface area contributed by atoms with E-state index in [0.717, 1.165) is 16.7 Å². The summed E-state index contributed by atoms with van der Waals surface area (Å²) in [5.41, 5.74) is 4.13. The van der Waals surface area contributed by atoms with Crippen LogP contribution in [0, 0.1) is 0 Å². The van der Waals surface area contributed by atoms with Gasteiger partial charge in [0, 0.05) is 38.3 Å². The van der Waals surface area contributed by atoms with Crippen LogP contribution in [0.4, 0.5) is 0 Å². The van der Waals surface area contributed by atoms with E-state index in [-0.39, 0.29) is 24.3 Å². The molecule has 0 aliphatic heterocycles. The van der Waals surface area contributed by atoms with Gasteiger partial charge in [-0.2, -0.15) is 0 Å². The molecular weight excluding hydrogens is 414 g/mol. The molecule has 0 unspecified atom stereocenters. The van der Waals surface area contributed by atoms with Gasteiger partial charge in [-0.1, -0.05) is 54.6 Å². The summed E-state index contributed by atoms with van der Waals surface area (Å²) in [4.78, 5) is 40.4. The highest BCUT2D eigenvalue weighted by Gasteiger charge is 2.15. The summed E-state index contributed by atoms with van der Waals surface area (Å²) in [6.07, 6.45) is 0. The Morgan fingerprint density at radius 1 is 0.758 bits per heavy atom. The third kappa shape index (κ3) is 6.29. The first kappa shape index (κ1) is 23.7. The maximum absolute atomic E-state index is 12.7. The van der Waals surface area contributed by atoms with E-state index < -0.39 is 0 Å². The monoisotopic (exact) mass is 443 g/mol. The van der Waals surface area contributed by atoms with Crippen LogP contribution in [-0.2, 0) is 11.3 Å². The molecule has 33 heavy (non-hydrogen) atoms. The molecule has 0 radical (unpaired) electrons. The molecule has 0 heterocycles. The van der Waals surface area contributed by atoms with Gasteiger partial charge in [-0.05, 0) is 47.9 Å². The first-order chi connectivity index (χ1) is 15.9. The molecule has 0 saturated carbocycles. The largest absolute Gasteiger partial charge is 0.345 e. The number of likely N-dealkylation sites (N-methyl/N-ethyl adjacent to an activating group) is 1. The van der Waals surface area contributed by atoms with Crippen molar-refractivity contribution >= 4 is 17.7 Å². The quantitative estimate of drug-likeness (QED) is 0.575. The molecule has 3 amide bonds. The first-order valence-electron chi connectivity index (χ1n) is 10.9. The van der Waals surface area contributed by atoms with E-state index in [9.17, 15) is 14.4 Å². The molecule has 0 aliphatic carbocycles. The lowest BCUT2D eigenvalue weighted by Crippen LogP contribution is -2.39. The molecule has 0 atom stereocenters. The second-order valence-electron chi connectivity index (χ2n) is 7.93. The van der Waals surface area contributed by atoms with Gasteiger partial charge in [-0.15, -0.1) is 0 Å². The van der Waals surface area contributed by atoms with E-state index in [0.29, 0.717) is 24.2 Å². The zero-order chi connectivity index (χ0) is 23.8. The highest BCUT2D eigenvalue weighted by atomic mass is 16.2. The zero-order valence-electron chi connectivity index (χ0n) is 19.2. The minimum Gasteiger partial charge on any atom is -0.345 e. The lowest BCUT2D eigenvalue weighted by atomic mass is 10.0. The van der Waals surface area contributed by atoms with Crippen molar-refractivity contribution in [1.82, 2.24) is 15.1 Å². The van der Waals surface area contributed by atoms with Crippen molar-refractivity contribution in [2.75, 3.05) is 27.2 Å². The SMILES string of the molecule is CCN(Cc1ccc(C(=O)N(C)C)cc1)C(=O)CNC(=O)c1ccc(-c2ccccc2)cc1. The third-order valence-electron chi connectivity index (χ3n) is 5.37. The van der Waals surface area contributed by atoms with Crippen LogP contribution in [0.2, 0.25) is 0 Å². The van der Waals surface area contributed by atoms with Gasteiger partial charge in [0.25, 0.3) is 11.8 Å². The van der Waals surface area contributed by atoms with Crippen molar-refractivity contribution in [3.63, 3.8) is 0 Å². The summed E-state index contributed by atoms with van der Waals surface area (Å²) in [6.45, 7) is 2.74. The van der Waals surface area contributed by atoms with Gasteiger partial charge in [-0.25, -0.2) is 0 Å². The van der Waals surface area contributed by atoms with Gasteiger partial charge < -0.3 is 15.1 Å². The maximum Gasteiger partial charge on any atom is 0.253 e. The molecule has 3 aromatic carbocycles. The summed E-state index contributed by atoms with van der Waals surface area (Å²) in [5, 5.41) is 2.71. The Morgan fingerprint density at radius 2 is 1.33 bits per heavy atom. The van der Waals surface area contributed by atoms with E-state index >= 15 is 0 Å². The number of nitrogens with zero attached hydrogens (tertiary/aromatic N) is 2. The summed E-state index contributed by atoms with van der Waals surface area (Å²) in [7, 11) is 3.42. The smallest absolute Gasteiger partial charge is 0.253 e. The molecule has 6 nitrogen and oxygen atoms in total. The Morgan fingerprint density at radius 3 is 1.91 bits per heavy atom. The average Bonchev–Trinajstić information content (AvgIpc) is 2.86. The van der Waals surface area contributed by atoms with Crippen LogP contribution in [0.25, 0.3) is 11.1 Å². The van der Waals surface area contributed by atoms with Crippen molar-refractivity contribution in [2.45, 2.75) is 13.5 Å². The molecule has 0 spiro atoms. The van der Waals surface area contributed by atoms with Gasteiger partial charge in [0.15, 0.2) is 0 Å². The normalized spacial score (nSPS) is 10.4. The van der Waals surface area contributed by atoms with Gasteiger partial charge in [-0.3, -0.25) is 14.4 Å². The summed E-state index contributed by atoms with van der Waals surface area (Å²) in [6, 6.07) is 24.5. The Hall–Kier alpha value is -3.93. The van der Waals surface area contributed by atoms with Crippen molar-refractivity contribution < 1.29 is 14.4 Å². The van der Waals surface area contributed by atoms with Crippen molar-refractivity contribution in [2.24, 2.45) is 0 Å². The fourth-order valence-electron chi connectivity index (χ4n) is 3.42. The zero-order valence-corrected chi connectivity index (χ0v) is 19.2. The summed E-state index contributed by atoms with van der Waals surface area (Å²) in [5.74, 6) is -0.518. The number of benzene rings is 3. The number of hydrogen-bond donors (Lipinski definition) is 1. The van der Waals surface area contributed by atoms with Crippen LogP contribution < -0.4 is 5.32 Å². The molecular formula is C27H29N3O3. The van der Waals surface area contributed by atoms with Crippen molar-refractivity contribution in [3.8, 4) is 11.1 Å². The predicted molar refractivity (Wildman–Crippen MR) is 130 cm³/mol. The third-order valence-corrected chi connectivity index (χ3v) is 5.37. The van der Waals surface area contributed by atoms with Crippen LogP contribution in [0.5, 0.6) is 0 Å². The van der Waals surface area contributed by atoms with Crippen LogP contribution in [-0.4, -0.2) is 54.7 Å². The molecule has 3 aromatic rings. The minimum absolute atomic E-state index is 0.0653. The molecule has 170 valence electrons. The molecule has 0 bridgehead atoms. The minimum atomic E-state index is -0.287. The fraction of sp³-hybridized carbons (Fsp3) is 0.222. The van der Waals surface area contributed by atoms with E-state index in [4.69, 9.17) is 0 Å². The number of carbonyl (C=O) groups is 3. The molecule has 3 rings (SSSR count). The van der Waals surface area contributed by atoms with Crippen molar-refractivity contribution in [3.05, 3.63) is 95.6 Å². The molecule has 0 saturated heterocycles. The van der Waals surface area contributed by atoms with E-state index in [1.807, 2.05) is 61.5 Å². The van der Waals surface area contributed by atoms with Crippen LogP contribution >= 0.6 is 0 Å².